The third kappa shape index (κ3) is 8.15. The van der Waals surface area contributed by atoms with Gasteiger partial charge in [0.15, 0.2) is 0 Å². The molecule has 0 amide bonds. The second-order valence-corrected chi connectivity index (χ2v) is 7.14. The highest BCUT2D eigenvalue weighted by atomic mass is 16.5. The molecular formula is C23H36O4. The average molecular weight is 377 g/mol. The summed E-state index contributed by atoms with van der Waals surface area (Å²) >= 11 is 0. The number of unbranched alkanes of at least 4 members (excludes halogenated alkanes) is 2. The van der Waals surface area contributed by atoms with Crippen molar-refractivity contribution < 1.29 is 19.1 Å². The zero-order chi connectivity index (χ0) is 20.1. The highest BCUT2D eigenvalue weighted by Gasteiger charge is 2.22. The van der Waals surface area contributed by atoms with E-state index >= 15 is 0 Å². The summed E-state index contributed by atoms with van der Waals surface area (Å²) in [6.07, 6.45) is 7.89. The summed E-state index contributed by atoms with van der Waals surface area (Å²) in [5.74, 6) is -0.519. The van der Waals surface area contributed by atoms with Gasteiger partial charge in [0.1, 0.15) is 6.10 Å². The molecule has 1 aromatic rings. The Morgan fingerprint density at radius 3 is 2.00 bits per heavy atom. The van der Waals surface area contributed by atoms with Crippen LogP contribution in [0, 0.1) is 5.92 Å². The molecule has 152 valence electrons. The van der Waals surface area contributed by atoms with Crippen LogP contribution in [0.4, 0.5) is 0 Å². The van der Waals surface area contributed by atoms with Gasteiger partial charge in [-0.15, -0.1) is 0 Å². The van der Waals surface area contributed by atoms with E-state index in [2.05, 4.69) is 20.8 Å². The molecule has 0 aliphatic heterocycles. The molecule has 4 nitrogen and oxygen atoms in total. The molecule has 0 spiro atoms. The molecule has 1 aromatic carbocycles. The molecule has 0 saturated carbocycles. The number of carbonyl (C=O) groups excluding carboxylic acids is 2. The lowest BCUT2D eigenvalue weighted by Crippen LogP contribution is -2.21. The van der Waals surface area contributed by atoms with E-state index in [1.54, 1.807) is 24.3 Å². The molecule has 0 heterocycles. The minimum absolute atomic E-state index is 0.111. The van der Waals surface area contributed by atoms with Crippen molar-refractivity contribution in [1.29, 1.82) is 0 Å². The Bertz CT molecular complexity index is 567. The summed E-state index contributed by atoms with van der Waals surface area (Å²) in [5, 5.41) is 0. The highest BCUT2D eigenvalue weighted by molar-refractivity contribution is 6.03. The van der Waals surface area contributed by atoms with Gasteiger partial charge in [-0.2, -0.15) is 0 Å². The molecule has 2 atom stereocenters. The third-order valence-electron chi connectivity index (χ3n) is 4.97. The maximum Gasteiger partial charge on any atom is 0.339 e. The van der Waals surface area contributed by atoms with E-state index in [0.29, 0.717) is 18.1 Å². The van der Waals surface area contributed by atoms with Crippen LogP contribution in [0.5, 0.6) is 0 Å². The zero-order valence-electron chi connectivity index (χ0n) is 17.5. The molecule has 0 aliphatic carbocycles. The van der Waals surface area contributed by atoms with Crippen molar-refractivity contribution in [2.24, 2.45) is 5.92 Å². The lowest BCUT2D eigenvalue weighted by molar-refractivity contribution is 0.0255. The molecule has 0 N–H and O–H groups in total. The van der Waals surface area contributed by atoms with E-state index < -0.39 is 11.9 Å². The second kappa shape index (κ2) is 13.3. The predicted octanol–water partition coefficient (Wildman–Crippen LogP) is 6.19. The summed E-state index contributed by atoms with van der Waals surface area (Å²) in [4.78, 5) is 25.2. The van der Waals surface area contributed by atoms with Crippen molar-refractivity contribution in [2.75, 3.05) is 6.61 Å². The van der Waals surface area contributed by atoms with Gasteiger partial charge in [0.25, 0.3) is 0 Å². The number of carbonyl (C=O) groups is 2. The topological polar surface area (TPSA) is 52.6 Å². The van der Waals surface area contributed by atoms with Crippen LogP contribution in [-0.2, 0) is 9.47 Å². The normalized spacial score (nSPS) is 13.0. The SMILES string of the molecule is CCCCC(CC)COC(=O)c1ccccc1C(=O)OC(CC)CCCC. The molecule has 0 bridgehead atoms. The van der Waals surface area contributed by atoms with E-state index in [1.807, 2.05) is 6.92 Å². The van der Waals surface area contributed by atoms with Crippen molar-refractivity contribution in [3.8, 4) is 0 Å². The Kier molecular flexibility index (Phi) is 11.5. The quantitative estimate of drug-likeness (QED) is 0.385. The fourth-order valence-electron chi connectivity index (χ4n) is 3.00. The van der Waals surface area contributed by atoms with Gasteiger partial charge in [0.2, 0.25) is 0 Å². The Labute approximate surface area is 164 Å². The van der Waals surface area contributed by atoms with Crippen LogP contribution >= 0.6 is 0 Å². The summed E-state index contributed by atoms with van der Waals surface area (Å²) < 4.78 is 11.2. The Morgan fingerprint density at radius 1 is 0.852 bits per heavy atom. The molecule has 0 aliphatic rings. The average Bonchev–Trinajstić information content (AvgIpc) is 2.70. The number of benzene rings is 1. The maximum atomic E-state index is 12.6. The molecule has 2 unspecified atom stereocenters. The van der Waals surface area contributed by atoms with Crippen LogP contribution in [0.2, 0.25) is 0 Å². The van der Waals surface area contributed by atoms with Crippen molar-refractivity contribution in [3.05, 3.63) is 35.4 Å². The number of ether oxygens (including phenoxy) is 2. The van der Waals surface area contributed by atoms with Crippen molar-refractivity contribution in [3.63, 3.8) is 0 Å². The predicted molar refractivity (Wildman–Crippen MR) is 109 cm³/mol. The first-order valence-electron chi connectivity index (χ1n) is 10.5. The van der Waals surface area contributed by atoms with E-state index in [1.165, 1.54) is 0 Å². The monoisotopic (exact) mass is 376 g/mol. The summed E-state index contributed by atoms with van der Waals surface area (Å²) in [6.45, 7) is 8.79. The lowest BCUT2D eigenvalue weighted by atomic mass is 10.0. The molecule has 27 heavy (non-hydrogen) atoms. The van der Waals surface area contributed by atoms with Gasteiger partial charge in [-0.25, -0.2) is 9.59 Å². The van der Waals surface area contributed by atoms with Crippen molar-refractivity contribution >= 4 is 11.9 Å². The fourth-order valence-corrected chi connectivity index (χ4v) is 3.00. The summed E-state index contributed by atoms with van der Waals surface area (Å²) in [5.41, 5.74) is 0.581. The number of hydrogen-bond donors (Lipinski definition) is 0. The van der Waals surface area contributed by atoms with Crippen LogP contribution in [0.1, 0.15) is 99.8 Å². The molecule has 0 aromatic heterocycles. The summed E-state index contributed by atoms with van der Waals surface area (Å²) in [7, 11) is 0. The first-order chi connectivity index (χ1) is 13.1. The Balaban J connectivity index is 2.76. The smallest absolute Gasteiger partial charge is 0.339 e. The van der Waals surface area contributed by atoms with E-state index in [4.69, 9.17) is 9.47 Å². The van der Waals surface area contributed by atoms with Crippen LogP contribution in [0.3, 0.4) is 0 Å². The molecule has 0 saturated heterocycles. The van der Waals surface area contributed by atoms with Gasteiger partial charge < -0.3 is 9.47 Å². The van der Waals surface area contributed by atoms with Gasteiger partial charge in [0, 0.05) is 0 Å². The first kappa shape index (κ1) is 23.2. The van der Waals surface area contributed by atoms with Crippen LogP contribution in [-0.4, -0.2) is 24.6 Å². The largest absolute Gasteiger partial charge is 0.462 e. The highest BCUT2D eigenvalue weighted by Crippen LogP contribution is 2.18. The molecule has 0 fully saturated rings. The van der Waals surface area contributed by atoms with Crippen molar-refractivity contribution in [1.82, 2.24) is 0 Å². The van der Waals surface area contributed by atoms with Gasteiger partial charge >= 0.3 is 11.9 Å². The third-order valence-corrected chi connectivity index (χ3v) is 4.97. The number of hydrogen-bond acceptors (Lipinski definition) is 4. The second-order valence-electron chi connectivity index (χ2n) is 7.14. The van der Waals surface area contributed by atoms with Crippen LogP contribution in [0.15, 0.2) is 24.3 Å². The summed E-state index contributed by atoms with van der Waals surface area (Å²) in [6, 6.07) is 6.77. The van der Waals surface area contributed by atoms with Gasteiger partial charge in [0.05, 0.1) is 17.7 Å². The van der Waals surface area contributed by atoms with Gasteiger partial charge in [-0.1, -0.05) is 71.9 Å². The fraction of sp³-hybridized carbons (Fsp3) is 0.652. The van der Waals surface area contributed by atoms with Crippen molar-refractivity contribution in [2.45, 2.75) is 85.2 Å². The molecular weight excluding hydrogens is 340 g/mol. The number of esters is 2. The minimum Gasteiger partial charge on any atom is -0.462 e. The van der Waals surface area contributed by atoms with Gasteiger partial charge in [-0.3, -0.25) is 0 Å². The minimum atomic E-state index is -0.445. The molecule has 0 radical (unpaired) electrons. The van der Waals surface area contributed by atoms with E-state index in [-0.39, 0.29) is 11.7 Å². The molecule has 1 rings (SSSR count). The lowest BCUT2D eigenvalue weighted by Gasteiger charge is -2.18. The number of rotatable bonds is 13. The van der Waals surface area contributed by atoms with Gasteiger partial charge in [-0.05, 0) is 37.3 Å². The molecule has 4 heteroatoms. The van der Waals surface area contributed by atoms with E-state index in [0.717, 1.165) is 51.4 Å². The maximum absolute atomic E-state index is 12.6. The Morgan fingerprint density at radius 2 is 1.44 bits per heavy atom. The first-order valence-corrected chi connectivity index (χ1v) is 10.5. The van der Waals surface area contributed by atoms with E-state index in [9.17, 15) is 9.59 Å². The van der Waals surface area contributed by atoms with Crippen LogP contribution in [0.25, 0.3) is 0 Å². The van der Waals surface area contributed by atoms with Crippen LogP contribution < -0.4 is 0 Å². The standard InChI is InChI=1S/C23H36O4/c1-5-9-13-18(7-3)17-26-22(24)20-15-11-12-16-21(20)23(25)27-19(8-4)14-10-6-2/h11-12,15-16,18-19H,5-10,13-14,17H2,1-4H3. The zero-order valence-corrected chi connectivity index (χ0v) is 17.5. The Hall–Kier alpha value is -1.84.